The van der Waals surface area contributed by atoms with Crippen LogP contribution in [0.2, 0.25) is 0 Å². The Morgan fingerprint density at radius 3 is 2.47 bits per heavy atom. The maximum atomic E-state index is 11.7. The molecule has 0 saturated carbocycles. The quantitative estimate of drug-likeness (QED) is 0.712. The third-order valence-electron chi connectivity index (χ3n) is 2.57. The fourth-order valence-corrected chi connectivity index (χ4v) is 1.90. The molecule has 0 radical (unpaired) electrons. The van der Waals surface area contributed by atoms with Crippen molar-refractivity contribution in [2.24, 2.45) is 0 Å². The standard InChI is InChI=1S/C12H12N2O2S/c1-7-10(11(16)14-12(17)13-7)6-8-2-4-9(15)5-3-8/h2-5,15H,6H2,1H3,(H2,13,14,16,17). The first-order valence-corrected chi connectivity index (χ1v) is 5.57. The van der Waals surface area contributed by atoms with Gasteiger partial charge in [0.15, 0.2) is 4.77 Å². The molecule has 0 amide bonds. The molecular weight excluding hydrogens is 236 g/mol. The lowest BCUT2D eigenvalue weighted by Crippen LogP contribution is -2.16. The molecule has 2 aromatic rings. The number of benzene rings is 1. The molecule has 0 atom stereocenters. The van der Waals surface area contributed by atoms with E-state index >= 15 is 0 Å². The van der Waals surface area contributed by atoms with Crippen molar-refractivity contribution in [3.05, 3.63) is 56.2 Å². The molecule has 4 nitrogen and oxygen atoms in total. The van der Waals surface area contributed by atoms with E-state index in [1.165, 1.54) is 0 Å². The van der Waals surface area contributed by atoms with Crippen molar-refractivity contribution in [2.75, 3.05) is 0 Å². The summed E-state index contributed by atoms with van der Waals surface area (Å²) in [6.07, 6.45) is 0.507. The lowest BCUT2D eigenvalue weighted by atomic mass is 10.1. The second kappa shape index (κ2) is 4.55. The molecule has 2 rings (SSSR count). The van der Waals surface area contributed by atoms with Crippen LogP contribution in [0.1, 0.15) is 16.8 Å². The van der Waals surface area contributed by atoms with Gasteiger partial charge in [-0.1, -0.05) is 12.1 Å². The molecule has 1 aromatic carbocycles. The van der Waals surface area contributed by atoms with Crippen molar-refractivity contribution in [3.63, 3.8) is 0 Å². The van der Waals surface area contributed by atoms with Gasteiger partial charge in [-0.25, -0.2) is 0 Å². The molecule has 17 heavy (non-hydrogen) atoms. The number of phenols is 1. The zero-order valence-corrected chi connectivity index (χ0v) is 10.1. The molecular formula is C12H12N2O2S. The summed E-state index contributed by atoms with van der Waals surface area (Å²) in [5.74, 6) is 0.215. The molecule has 0 fully saturated rings. The highest BCUT2D eigenvalue weighted by molar-refractivity contribution is 7.71. The minimum atomic E-state index is -0.167. The second-order valence-electron chi connectivity index (χ2n) is 3.86. The normalized spacial score (nSPS) is 10.4. The van der Waals surface area contributed by atoms with Crippen LogP contribution in [0, 0.1) is 11.7 Å². The van der Waals surface area contributed by atoms with Gasteiger partial charge in [-0.05, 0) is 36.8 Å². The Balaban J connectivity index is 2.40. The number of nitrogens with one attached hydrogen (secondary N) is 2. The predicted molar refractivity (Wildman–Crippen MR) is 67.9 cm³/mol. The zero-order chi connectivity index (χ0) is 12.4. The Morgan fingerprint density at radius 1 is 1.24 bits per heavy atom. The lowest BCUT2D eigenvalue weighted by molar-refractivity contribution is 0.475. The molecule has 1 heterocycles. The number of H-pyrrole nitrogens is 2. The third-order valence-corrected chi connectivity index (χ3v) is 2.78. The maximum Gasteiger partial charge on any atom is 0.255 e. The van der Waals surface area contributed by atoms with Gasteiger partial charge < -0.3 is 10.1 Å². The Morgan fingerprint density at radius 2 is 1.88 bits per heavy atom. The predicted octanol–water partition coefficient (Wildman–Crippen LogP) is 2.04. The monoisotopic (exact) mass is 248 g/mol. The Labute approximate surface area is 103 Å². The minimum absolute atomic E-state index is 0.167. The Hall–Kier alpha value is -1.88. The molecule has 88 valence electrons. The van der Waals surface area contributed by atoms with Crippen LogP contribution >= 0.6 is 12.2 Å². The van der Waals surface area contributed by atoms with Gasteiger partial charge in [0.25, 0.3) is 5.56 Å². The van der Waals surface area contributed by atoms with Crippen LogP contribution < -0.4 is 5.56 Å². The van der Waals surface area contributed by atoms with Gasteiger partial charge in [0.2, 0.25) is 0 Å². The van der Waals surface area contributed by atoms with Gasteiger partial charge in [-0.2, -0.15) is 0 Å². The summed E-state index contributed by atoms with van der Waals surface area (Å²) in [5, 5.41) is 9.18. The molecule has 0 saturated heterocycles. The van der Waals surface area contributed by atoms with Crippen LogP contribution in [0.4, 0.5) is 0 Å². The number of hydrogen-bond acceptors (Lipinski definition) is 3. The number of aromatic amines is 2. The van der Waals surface area contributed by atoms with Gasteiger partial charge in [0, 0.05) is 17.7 Å². The zero-order valence-electron chi connectivity index (χ0n) is 9.28. The first kappa shape index (κ1) is 11.6. The van der Waals surface area contributed by atoms with E-state index in [1.807, 2.05) is 6.92 Å². The summed E-state index contributed by atoms with van der Waals surface area (Å²) in [6.45, 7) is 1.82. The first-order chi connectivity index (χ1) is 8.06. The number of aryl methyl sites for hydroxylation is 1. The highest BCUT2D eigenvalue weighted by atomic mass is 32.1. The molecule has 0 aliphatic heterocycles. The molecule has 0 aliphatic rings. The van der Waals surface area contributed by atoms with E-state index in [9.17, 15) is 9.90 Å². The molecule has 0 bridgehead atoms. The highest BCUT2D eigenvalue weighted by Crippen LogP contribution is 2.13. The van der Waals surface area contributed by atoms with Crippen molar-refractivity contribution in [2.45, 2.75) is 13.3 Å². The maximum absolute atomic E-state index is 11.7. The van der Waals surface area contributed by atoms with E-state index in [2.05, 4.69) is 9.97 Å². The van der Waals surface area contributed by atoms with Gasteiger partial charge in [0.1, 0.15) is 5.75 Å². The van der Waals surface area contributed by atoms with Crippen LogP contribution in [-0.4, -0.2) is 15.1 Å². The van der Waals surface area contributed by atoms with E-state index in [4.69, 9.17) is 12.2 Å². The number of hydrogen-bond donors (Lipinski definition) is 3. The molecule has 5 heteroatoms. The van der Waals surface area contributed by atoms with Crippen LogP contribution in [0.15, 0.2) is 29.1 Å². The van der Waals surface area contributed by atoms with Crippen molar-refractivity contribution < 1.29 is 5.11 Å². The topological polar surface area (TPSA) is 68.9 Å². The Kier molecular flexibility index (Phi) is 3.10. The van der Waals surface area contributed by atoms with Gasteiger partial charge in [-0.15, -0.1) is 0 Å². The SMILES string of the molecule is Cc1[nH]c(=S)[nH]c(=O)c1Cc1ccc(O)cc1. The van der Waals surface area contributed by atoms with E-state index in [-0.39, 0.29) is 11.3 Å². The summed E-state index contributed by atoms with van der Waals surface area (Å²) in [4.78, 5) is 17.2. The van der Waals surface area contributed by atoms with Crippen LogP contribution in [0.25, 0.3) is 0 Å². The largest absolute Gasteiger partial charge is 0.508 e. The molecule has 3 N–H and O–H groups in total. The van der Waals surface area contributed by atoms with Crippen molar-refractivity contribution in [3.8, 4) is 5.75 Å². The van der Waals surface area contributed by atoms with Crippen molar-refractivity contribution >= 4 is 12.2 Å². The lowest BCUT2D eigenvalue weighted by Gasteiger charge is -2.05. The molecule has 0 unspecified atom stereocenters. The van der Waals surface area contributed by atoms with Crippen LogP contribution in [-0.2, 0) is 6.42 Å². The van der Waals surface area contributed by atoms with Gasteiger partial charge >= 0.3 is 0 Å². The minimum Gasteiger partial charge on any atom is -0.508 e. The number of aromatic nitrogens is 2. The van der Waals surface area contributed by atoms with Crippen LogP contribution in [0.5, 0.6) is 5.75 Å². The second-order valence-corrected chi connectivity index (χ2v) is 4.26. The van der Waals surface area contributed by atoms with Crippen molar-refractivity contribution in [1.29, 1.82) is 0 Å². The summed E-state index contributed by atoms with van der Waals surface area (Å²) < 4.78 is 0.335. The summed E-state index contributed by atoms with van der Waals surface area (Å²) in [7, 11) is 0. The van der Waals surface area contributed by atoms with Crippen LogP contribution in [0.3, 0.4) is 0 Å². The summed E-state index contributed by atoms with van der Waals surface area (Å²) in [5.41, 5.74) is 2.22. The van der Waals surface area contributed by atoms with E-state index in [1.54, 1.807) is 24.3 Å². The average Bonchev–Trinajstić information content (AvgIpc) is 2.26. The van der Waals surface area contributed by atoms with E-state index < -0.39 is 0 Å². The number of aromatic hydroxyl groups is 1. The smallest absolute Gasteiger partial charge is 0.255 e. The van der Waals surface area contributed by atoms with Crippen molar-refractivity contribution in [1.82, 2.24) is 9.97 Å². The first-order valence-electron chi connectivity index (χ1n) is 5.16. The summed E-state index contributed by atoms with van der Waals surface area (Å²) >= 11 is 4.88. The highest BCUT2D eigenvalue weighted by Gasteiger charge is 2.05. The fourth-order valence-electron chi connectivity index (χ4n) is 1.66. The van der Waals surface area contributed by atoms with Gasteiger partial charge in [0.05, 0.1) is 0 Å². The average molecular weight is 248 g/mol. The van der Waals surface area contributed by atoms with Gasteiger partial charge in [-0.3, -0.25) is 9.78 Å². The molecule has 1 aromatic heterocycles. The fraction of sp³-hybridized carbons (Fsp3) is 0.167. The summed E-state index contributed by atoms with van der Waals surface area (Å²) in [6, 6.07) is 6.78. The Bertz CT molecular complexity index is 641. The molecule has 0 spiro atoms. The molecule has 0 aliphatic carbocycles. The van der Waals surface area contributed by atoms with E-state index in [0.29, 0.717) is 16.8 Å². The third kappa shape index (κ3) is 2.62. The number of phenolic OH excluding ortho intramolecular Hbond substituents is 1. The van der Waals surface area contributed by atoms with E-state index in [0.717, 1.165) is 11.3 Å². The number of rotatable bonds is 2.